The van der Waals surface area contributed by atoms with Crippen LogP contribution in [0.4, 0.5) is 0 Å². The van der Waals surface area contributed by atoms with Crippen molar-refractivity contribution in [1.82, 2.24) is 4.90 Å². The maximum absolute atomic E-state index is 11.1. The van der Waals surface area contributed by atoms with Crippen LogP contribution >= 0.6 is 0 Å². The topological polar surface area (TPSA) is 66.8 Å². The lowest BCUT2D eigenvalue weighted by Crippen LogP contribution is -2.30. The molecule has 5 nitrogen and oxygen atoms in total. The molecule has 17 heavy (non-hydrogen) atoms. The minimum absolute atomic E-state index is 0.0448. The third-order valence-electron chi connectivity index (χ3n) is 2.29. The van der Waals surface area contributed by atoms with Crippen LogP contribution in [0.25, 0.3) is 0 Å². The standard InChI is InChI=1S/C12H23NO4/c1-3-7-13(8-4-2)9-10-17-12(16)6-5-11(14)15/h3-10H2,1-2H3,(H,14,15). The fourth-order valence-electron chi connectivity index (χ4n) is 1.54. The van der Waals surface area contributed by atoms with Gasteiger partial charge in [0.2, 0.25) is 0 Å². The highest BCUT2D eigenvalue weighted by molar-refractivity contribution is 5.76. The van der Waals surface area contributed by atoms with Gasteiger partial charge < -0.3 is 9.84 Å². The molecule has 0 fully saturated rings. The van der Waals surface area contributed by atoms with Crippen molar-refractivity contribution >= 4 is 11.9 Å². The van der Waals surface area contributed by atoms with Crippen molar-refractivity contribution in [3.05, 3.63) is 0 Å². The van der Waals surface area contributed by atoms with Crippen LogP contribution in [0.5, 0.6) is 0 Å². The highest BCUT2D eigenvalue weighted by atomic mass is 16.5. The molecule has 0 aromatic rings. The fraction of sp³-hybridized carbons (Fsp3) is 0.833. The van der Waals surface area contributed by atoms with Gasteiger partial charge in [-0.15, -0.1) is 0 Å². The second kappa shape index (κ2) is 10.1. The van der Waals surface area contributed by atoms with Gasteiger partial charge in [-0.05, 0) is 25.9 Å². The van der Waals surface area contributed by atoms with Crippen molar-refractivity contribution < 1.29 is 19.4 Å². The largest absolute Gasteiger partial charge is 0.481 e. The third-order valence-corrected chi connectivity index (χ3v) is 2.29. The first-order valence-corrected chi connectivity index (χ1v) is 6.19. The van der Waals surface area contributed by atoms with Gasteiger partial charge in [0.1, 0.15) is 6.61 Å². The van der Waals surface area contributed by atoms with Crippen LogP contribution in [0.3, 0.4) is 0 Å². The zero-order valence-corrected chi connectivity index (χ0v) is 10.8. The number of ether oxygens (including phenoxy) is 1. The molecule has 100 valence electrons. The minimum Gasteiger partial charge on any atom is -0.481 e. The van der Waals surface area contributed by atoms with Gasteiger partial charge >= 0.3 is 11.9 Å². The van der Waals surface area contributed by atoms with Gasteiger partial charge in [-0.25, -0.2) is 0 Å². The van der Waals surface area contributed by atoms with E-state index in [1.165, 1.54) is 0 Å². The Morgan fingerprint density at radius 3 is 2.12 bits per heavy atom. The van der Waals surface area contributed by atoms with E-state index < -0.39 is 11.9 Å². The molecule has 0 unspecified atom stereocenters. The Labute approximate surface area is 103 Å². The summed E-state index contributed by atoms with van der Waals surface area (Å²) in [5, 5.41) is 8.40. The molecule has 0 radical (unpaired) electrons. The van der Waals surface area contributed by atoms with Gasteiger partial charge in [0.15, 0.2) is 0 Å². The number of carboxylic acid groups (broad SMARTS) is 1. The zero-order chi connectivity index (χ0) is 13.1. The highest BCUT2D eigenvalue weighted by Gasteiger charge is 2.08. The van der Waals surface area contributed by atoms with Crippen molar-refractivity contribution in [2.75, 3.05) is 26.2 Å². The Bertz CT molecular complexity index is 225. The van der Waals surface area contributed by atoms with E-state index in [1.807, 2.05) is 0 Å². The molecule has 5 heteroatoms. The summed E-state index contributed by atoms with van der Waals surface area (Å²) >= 11 is 0. The van der Waals surface area contributed by atoms with Crippen LogP contribution in [0.2, 0.25) is 0 Å². The van der Waals surface area contributed by atoms with Gasteiger partial charge in [-0.1, -0.05) is 13.8 Å². The number of carbonyl (C=O) groups excluding carboxylic acids is 1. The van der Waals surface area contributed by atoms with Gasteiger partial charge in [0.25, 0.3) is 0 Å². The number of rotatable bonds is 10. The van der Waals surface area contributed by atoms with Gasteiger partial charge in [-0.2, -0.15) is 0 Å². The molecule has 0 aromatic heterocycles. The average Bonchev–Trinajstić information content (AvgIpc) is 2.27. The second-order valence-electron chi connectivity index (χ2n) is 3.96. The Hall–Kier alpha value is -1.10. The molecule has 0 saturated carbocycles. The van der Waals surface area contributed by atoms with Gasteiger partial charge in [0.05, 0.1) is 12.8 Å². The van der Waals surface area contributed by atoms with Gasteiger partial charge in [0, 0.05) is 6.54 Å². The first kappa shape index (κ1) is 15.9. The summed E-state index contributed by atoms with van der Waals surface area (Å²) in [5.41, 5.74) is 0. The molecule has 0 amide bonds. The molecular formula is C12H23NO4. The van der Waals surface area contributed by atoms with Crippen molar-refractivity contribution in [2.45, 2.75) is 39.5 Å². The monoisotopic (exact) mass is 245 g/mol. The van der Waals surface area contributed by atoms with E-state index in [2.05, 4.69) is 18.7 Å². The van der Waals surface area contributed by atoms with E-state index in [0.29, 0.717) is 6.61 Å². The van der Waals surface area contributed by atoms with E-state index in [1.54, 1.807) is 0 Å². The van der Waals surface area contributed by atoms with Crippen LogP contribution in [0.15, 0.2) is 0 Å². The van der Waals surface area contributed by atoms with Gasteiger partial charge in [-0.3, -0.25) is 14.5 Å². The van der Waals surface area contributed by atoms with Crippen molar-refractivity contribution in [3.63, 3.8) is 0 Å². The predicted molar refractivity (Wildman–Crippen MR) is 64.9 cm³/mol. The highest BCUT2D eigenvalue weighted by Crippen LogP contribution is 1.96. The lowest BCUT2D eigenvalue weighted by Gasteiger charge is -2.20. The molecule has 0 aliphatic rings. The second-order valence-corrected chi connectivity index (χ2v) is 3.96. The van der Waals surface area contributed by atoms with Crippen LogP contribution < -0.4 is 0 Å². The molecular weight excluding hydrogens is 222 g/mol. The number of esters is 1. The normalized spacial score (nSPS) is 10.5. The molecule has 0 atom stereocenters. The van der Waals surface area contributed by atoms with Crippen LogP contribution in [-0.2, 0) is 14.3 Å². The summed E-state index contributed by atoms with van der Waals surface area (Å²) in [7, 11) is 0. The third kappa shape index (κ3) is 9.81. The summed E-state index contributed by atoms with van der Waals surface area (Å²) in [4.78, 5) is 23.6. The zero-order valence-electron chi connectivity index (χ0n) is 10.8. The summed E-state index contributed by atoms with van der Waals surface area (Å²) in [6.45, 7) is 7.29. The molecule has 0 heterocycles. The molecule has 0 aromatic carbocycles. The molecule has 0 aliphatic carbocycles. The quantitative estimate of drug-likeness (QED) is 0.591. The Morgan fingerprint density at radius 2 is 1.65 bits per heavy atom. The summed E-state index contributed by atoms with van der Waals surface area (Å²) in [6.07, 6.45) is 1.95. The summed E-state index contributed by atoms with van der Waals surface area (Å²) < 4.78 is 4.97. The van der Waals surface area contributed by atoms with Crippen LogP contribution in [-0.4, -0.2) is 48.2 Å². The number of hydrogen-bond donors (Lipinski definition) is 1. The summed E-state index contributed by atoms with van der Waals surface area (Å²) in [5.74, 6) is -1.40. The molecule has 0 spiro atoms. The first-order valence-electron chi connectivity index (χ1n) is 6.19. The van der Waals surface area contributed by atoms with Crippen molar-refractivity contribution in [3.8, 4) is 0 Å². The number of nitrogens with zero attached hydrogens (tertiary/aromatic N) is 1. The Morgan fingerprint density at radius 1 is 1.06 bits per heavy atom. The minimum atomic E-state index is -0.972. The average molecular weight is 245 g/mol. The fourth-order valence-corrected chi connectivity index (χ4v) is 1.54. The SMILES string of the molecule is CCCN(CCC)CCOC(=O)CCC(=O)O. The maximum atomic E-state index is 11.1. The van der Waals surface area contributed by atoms with Crippen molar-refractivity contribution in [2.24, 2.45) is 0 Å². The maximum Gasteiger partial charge on any atom is 0.306 e. The Balaban J connectivity index is 3.64. The predicted octanol–water partition coefficient (Wildman–Crippen LogP) is 1.52. The van der Waals surface area contributed by atoms with E-state index in [9.17, 15) is 9.59 Å². The van der Waals surface area contributed by atoms with E-state index in [-0.39, 0.29) is 12.8 Å². The molecule has 0 aliphatic heterocycles. The Kier molecular flexibility index (Phi) is 9.43. The van der Waals surface area contributed by atoms with E-state index in [4.69, 9.17) is 9.84 Å². The number of carbonyl (C=O) groups is 2. The van der Waals surface area contributed by atoms with Crippen LogP contribution in [0, 0.1) is 0 Å². The first-order chi connectivity index (χ1) is 8.10. The lowest BCUT2D eigenvalue weighted by atomic mass is 10.3. The van der Waals surface area contributed by atoms with E-state index >= 15 is 0 Å². The number of aliphatic carboxylic acids is 1. The van der Waals surface area contributed by atoms with Crippen LogP contribution in [0.1, 0.15) is 39.5 Å². The molecule has 0 saturated heterocycles. The lowest BCUT2D eigenvalue weighted by molar-refractivity contribution is -0.148. The molecule has 0 rings (SSSR count). The smallest absolute Gasteiger partial charge is 0.306 e. The number of carboxylic acids is 1. The molecule has 0 bridgehead atoms. The number of hydrogen-bond acceptors (Lipinski definition) is 4. The van der Waals surface area contributed by atoms with Crippen molar-refractivity contribution in [1.29, 1.82) is 0 Å². The molecule has 1 N–H and O–H groups in total. The summed E-state index contributed by atoms with van der Waals surface area (Å²) in [6, 6.07) is 0. The van der Waals surface area contributed by atoms with E-state index in [0.717, 1.165) is 32.5 Å².